The van der Waals surface area contributed by atoms with E-state index in [0.717, 1.165) is 34.7 Å². The minimum Gasteiger partial charge on any atom is -0.490 e. The van der Waals surface area contributed by atoms with E-state index in [1.807, 2.05) is 56.4 Å². The number of nitrogens with one attached hydrogen (secondary N) is 1. The number of aryl methyl sites for hydroxylation is 1. The number of thiazole rings is 1. The van der Waals surface area contributed by atoms with Crippen LogP contribution in [0.3, 0.4) is 0 Å². The van der Waals surface area contributed by atoms with Gasteiger partial charge in [-0.05, 0) is 73.6 Å². The molecule has 1 N–H and O–H groups in total. The van der Waals surface area contributed by atoms with Crippen molar-refractivity contribution in [1.29, 1.82) is 5.26 Å². The van der Waals surface area contributed by atoms with E-state index in [1.165, 1.54) is 22.3 Å². The second-order valence-corrected chi connectivity index (χ2v) is 10.6. The Bertz CT molecular complexity index is 1450. The Morgan fingerprint density at radius 1 is 1.16 bits per heavy atom. The first-order valence-electron chi connectivity index (χ1n) is 12.6. The number of carbonyl (C=O) groups is 1. The molecule has 1 atom stereocenters. The third-order valence-electron chi connectivity index (χ3n) is 6.57. The number of nitrogens with zero attached hydrogens (tertiary/aromatic N) is 2. The number of fused-ring (bicyclic) bond motifs is 1. The standard InChI is InChI=1S/C31H29N3O2S/c1-20(2)36-28-15-12-22(17-23(28)18-32)31-33-19-29(37-31)26-10-6-9-25-24(26)13-14-27(25)34-30(35)16-11-21-7-4-3-5-8-21/h3-10,12,15,17,19-20,27H,11,13-14,16H2,1-2H3,(H,34,35). The van der Waals surface area contributed by atoms with Gasteiger partial charge in [0.15, 0.2) is 0 Å². The van der Waals surface area contributed by atoms with Crippen molar-refractivity contribution in [2.24, 2.45) is 0 Å². The van der Waals surface area contributed by atoms with Gasteiger partial charge in [0, 0.05) is 18.2 Å². The predicted octanol–water partition coefficient (Wildman–Crippen LogP) is 6.87. The lowest BCUT2D eigenvalue weighted by molar-refractivity contribution is -0.121. The molecule has 5 nitrogen and oxygen atoms in total. The minimum absolute atomic E-state index is 0.00191. The molecule has 1 unspecified atom stereocenters. The van der Waals surface area contributed by atoms with E-state index in [0.29, 0.717) is 17.7 Å². The zero-order valence-electron chi connectivity index (χ0n) is 21.0. The SMILES string of the molecule is CC(C)Oc1ccc(-c2ncc(-c3cccc4c3CCC4NC(=O)CCc3ccccc3)s2)cc1C#N. The van der Waals surface area contributed by atoms with Crippen LogP contribution in [0.5, 0.6) is 5.75 Å². The third-order valence-corrected chi connectivity index (χ3v) is 7.65. The van der Waals surface area contributed by atoms with E-state index in [2.05, 4.69) is 46.7 Å². The van der Waals surface area contributed by atoms with Crippen LogP contribution in [-0.2, 0) is 17.6 Å². The third kappa shape index (κ3) is 5.58. The van der Waals surface area contributed by atoms with Crippen LogP contribution in [0.4, 0.5) is 0 Å². The molecule has 0 fully saturated rings. The van der Waals surface area contributed by atoms with Gasteiger partial charge in [-0.25, -0.2) is 4.98 Å². The molecular formula is C31H29N3O2S. The number of carbonyl (C=O) groups excluding carboxylic acids is 1. The molecule has 3 aromatic carbocycles. The predicted molar refractivity (Wildman–Crippen MR) is 147 cm³/mol. The van der Waals surface area contributed by atoms with E-state index in [4.69, 9.17) is 4.74 Å². The maximum Gasteiger partial charge on any atom is 0.220 e. The molecule has 0 spiro atoms. The van der Waals surface area contributed by atoms with Crippen molar-refractivity contribution in [2.45, 2.75) is 51.7 Å². The summed E-state index contributed by atoms with van der Waals surface area (Å²) in [4.78, 5) is 18.4. The molecule has 37 heavy (non-hydrogen) atoms. The van der Waals surface area contributed by atoms with Gasteiger partial charge in [0.1, 0.15) is 16.8 Å². The van der Waals surface area contributed by atoms with E-state index in [9.17, 15) is 10.1 Å². The number of aromatic nitrogens is 1. The monoisotopic (exact) mass is 507 g/mol. The van der Waals surface area contributed by atoms with Crippen LogP contribution in [0.1, 0.15) is 55.0 Å². The smallest absolute Gasteiger partial charge is 0.220 e. The normalized spacial score (nSPS) is 14.3. The van der Waals surface area contributed by atoms with Crippen molar-refractivity contribution in [3.63, 3.8) is 0 Å². The van der Waals surface area contributed by atoms with Gasteiger partial charge in [0.25, 0.3) is 0 Å². The Morgan fingerprint density at radius 2 is 2.00 bits per heavy atom. The average molecular weight is 508 g/mol. The van der Waals surface area contributed by atoms with Crippen molar-refractivity contribution in [3.05, 3.63) is 95.2 Å². The summed E-state index contributed by atoms with van der Waals surface area (Å²) in [5.74, 6) is 0.682. The summed E-state index contributed by atoms with van der Waals surface area (Å²) >= 11 is 1.62. The summed E-state index contributed by atoms with van der Waals surface area (Å²) in [5, 5.41) is 13.7. The number of benzene rings is 3. The van der Waals surface area contributed by atoms with E-state index in [-0.39, 0.29) is 18.1 Å². The maximum atomic E-state index is 12.7. The quantitative estimate of drug-likeness (QED) is 0.282. The van der Waals surface area contributed by atoms with Gasteiger partial charge in [0.05, 0.1) is 22.6 Å². The topological polar surface area (TPSA) is 75.0 Å². The van der Waals surface area contributed by atoms with E-state index < -0.39 is 0 Å². The number of rotatable bonds is 8. The highest BCUT2D eigenvalue weighted by molar-refractivity contribution is 7.18. The van der Waals surface area contributed by atoms with Crippen molar-refractivity contribution < 1.29 is 9.53 Å². The molecule has 1 aromatic heterocycles. The number of nitriles is 1. The molecule has 5 rings (SSSR count). The van der Waals surface area contributed by atoms with Crippen LogP contribution < -0.4 is 10.1 Å². The highest BCUT2D eigenvalue weighted by atomic mass is 32.1. The van der Waals surface area contributed by atoms with Crippen molar-refractivity contribution >= 4 is 17.2 Å². The van der Waals surface area contributed by atoms with Gasteiger partial charge in [-0.3, -0.25) is 4.79 Å². The summed E-state index contributed by atoms with van der Waals surface area (Å²) in [6, 6.07) is 24.4. The first kappa shape index (κ1) is 24.7. The Balaban J connectivity index is 1.32. The largest absolute Gasteiger partial charge is 0.490 e. The lowest BCUT2D eigenvalue weighted by atomic mass is 10.0. The molecule has 1 heterocycles. The molecule has 4 aromatic rings. The number of amides is 1. The molecule has 1 aliphatic rings. The Labute approximate surface area is 221 Å². The molecule has 1 aliphatic carbocycles. The number of hydrogen-bond donors (Lipinski definition) is 1. The molecular weight excluding hydrogens is 478 g/mol. The van der Waals surface area contributed by atoms with Crippen LogP contribution >= 0.6 is 11.3 Å². The van der Waals surface area contributed by atoms with Crippen LogP contribution in [-0.4, -0.2) is 17.0 Å². The molecule has 0 radical (unpaired) electrons. The van der Waals surface area contributed by atoms with Crippen LogP contribution in [0.25, 0.3) is 21.0 Å². The van der Waals surface area contributed by atoms with Gasteiger partial charge < -0.3 is 10.1 Å². The summed E-state index contributed by atoms with van der Waals surface area (Å²) in [6.07, 6.45) is 4.96. The fourth-order valence-electron chi connectivity index (χ4n) is 4.84. The first-order valence-corrected chi connectivity index (χ1v) is 13.5. The first-order chi connectivity index (χ1) is 18.0. The molecule has 1 amide bonds. The van der Waals surface area contributed by atoms with E-state index >= 15 is 0 Å². The number of ether oxygens (including phenoxy) is 1. The number of hydrogen-bond acceptors (Lipinski definition) is 5. The summed E-state index contributed by atoms with van der Waals surface area (Å²) in [7, 11) is 0. The Kier molecular flexibility index (Phi) is 7.34. The van der Waals surface area contributed by atoms with Crippen LogP contribution in [0.15, 0.2) is 72.9 Å². The van der Waals surface area contributed by atoms with Gasteiger partial charge in [-0.2, -0.15) is 5.26 Å². The molecule has 6 heteroatoms. The zero-order valence-corrected chi connectivity index (χ0v) is 21.8. The van der Waals surface area contributed by atoms with Gasteiger partial charge in [-0.15, -0.1) is 11.3 Å². The van der Waals surface area contributed by atoms with Crippen molar-refractivity contribution in [3.8, 4) is 32.8 Å². The van der Waals surface area contributed by atoms with E-state index in [1.54, 1.807) is 11.3 Å². The maximum absolute atomic E-state index is 12.7. The Hall–Kier alpha value is -3.95. The fraction of sp³-hybridized carbons (Fsp3) is 0.258. The molecule has 186 valence electrons. The second-order valence-electron chi connectivity index (χ2n) is 9.54. The van der Waals surface area contributed by atoms with Crippen LogP contribution in [0, 0.1) is 11.3 Å². The molecule has 0 saturated carbocycles. The Morgan fingerprint density at radius 3 is 2.78 bits per heavy atom. The van der Waals surface area contributed by atoms with Gasteiger partial charge in [0.2, 0.25) is 5.91 Å². The van der Waals surface area contributed by atoms with Gasteiger partial charge in [-0.1, -0.05) is 48.5 Å². The summed E-state index contributed by atoms with van der Waals surface area (Å²) in [6.45, 7) is 3.89. The fourth-order valence-corrected chi connectivity index (χ4v) is 5.81. The highest BCUT2D eigenvalue weighted by Gasteiger charge is 2.26. The average Bonchev–Trinajstić information content (AvgIpc) is 3.56. The molecule has 0 aliphatic heterocycles. The molecule has 0 bridgehead atoms. The van der Waals surface area contributed by atoms with Crippen molar-refractivity contribution in [1.82, 2.24) is 10.3 Å². The summed E-state index contributed by atoms with van der Waals surface area (Å²) < 4.78 is 5.76. The lowest BCUT2D eigenvalue weighted by Crippen LogP contribution is -2.27. The van der Waals surface area contributed by atoms with Crippen LogP contribution in [0.2, 0.25) is 0 Å². The van der Waals surface area contributed by atoms with Crippen molar-refractivity contribution in [2.75, 3.05) is 0 Å². The second kappa shape index (κ2) is 11.0. The lowest BCUT2D eigenvalue weighted by Gasteiger charge is -2.15. The highest BCUT2D eigenvalue weighted by Crippen LogP contribution is 2.41. The minimum atomic E-state index is 0.00191. The summed E-state index contributed by atoms with van der Waals surface area (Å²) in [5.41, 5.74) is 6.24. The zero-order chi connectivity index (χ0) is 25.8. The van der Waals surface area contributed by atoms with Gasteiger partial charge >= 0.3 is 0 Å². The molecule has 0 saturated heterocycles.